The lowest BCUT2D eigenvalue weighted by atomic mass is 10.0. The molecule has 1 aromatic heterocycles. The summed E-state index contributed by atoms with van der Waals surface area (Å²) in [5.41, 5.74) is 2.05. The van der Waals surface area contributed by atoms with Gasteiger partial charge in [0.1, 0.15) is 5.75 Å². The molecule has 0 spiro atoms. The molecule has 164 valence electrons. The molecule has 1 aliphatic heterocycles. The molecular formula is C23H29ClN6O. The van der Waals surface area contributed by atoms with Crippen LogP contribution in [0.2, 0.25) is 5.02 Å². The largest absolute Gasteiger partial charge is 0.495 e. The van der Waals surface area contributed by atoms with Gasteiger partial charge in [0.25, 0.3) is 0 Å². The molecule has 2 heterocycles. The molecule has 4 rings (SSSR count). The third-order valence-electron chi connectivity index (χ3n) is 5.66. The number of para-hydroxylation sites is 2. The third kappa shape index (κ3) is 4.52. The minimum absolute atomic E-state index is 0.0497. The van der Waals surface area contributed by atoms with E-state index in [-0.39, 0.29) is 11.6 Å². The number of aromatic nitrogens is 4. The lowest BCUT2D eigenvalue weighted by molar-refractivity contribution is 0.191. The number of hydrogen-bond acceptors (Lipinski definition) is 6. The van der Waals surface area contributed by atoms with Crippen molar-refractivity contribution in [3.05, 3.63) is 64.9 Å². The lowest BCUT2D eigenvalue weighted by Gasteiger charge is -2.40. The molecule has 1 aliphatic rings. The molecule has 1 fully saturated rings. The Hall–Kier alpha value is -2.64. The van der Waals surface area contributed by atoms with Crippen LogP contribution in [-0.4, -0.2) is 58.4 Å². The van der Waals surface area contributed by atoms with E-state index in [1.807, 2.05) is 28.9 Å². The molecule has 0 bridgehead atoms. The molecule has 31 heavy (non-hydrogen) atoms. The number of benzene rings is 2. The fraction of sp³-hybridized carbons (Fsp3) is 0.435. The Labute approximate surface area is 188 Å². The van der Waals surface area contributed by atoms with Crippen molar-refractivity contribution in [3.63, 3.8) is 0 Å². The molecular weight excluding hydrogens is 412 g/mol. The predicted molar refractivity (Wildman–Crippen MR) is 123 cm³/mol. The zero-order valence-corrected chi connectivity index (χ0v) is 19.3. The van der Waals surface area contributed by atoms with Crippen LogP contribution in [0, 0.1) is 0 Å². The summed E-state index contributed by atoms with van der Waals surface area (Å²) in [7, 11) is 1.72. The van der Waals surface area contributed by atoms with Gasteiger partial charge in [-0.3, -0.25) is 4.90 Å². The predicted octanol–water partition coefficient (Wildman–Crippen LogP) is 4.00. The number of piperazine rings is 1. The zero-order valence-electron chi connectivity index (χ0n) is 18.5. The first-order chi connectivity index (χ1) is 14.9. The Morgan fingerprint density at radius 1 is 0.968 bits per heavy atom. The topological polar surface area (TPSA) is 59.3 Å². The van der Waals surface area contributed by atoms with Crippen molar-refractivity contribution >= 4 is 17.3 Å². The average molecular weight is 441 g/mol. The highest BCUT2D eigenvalue weighted by Crippen LogP contribution is 2.33. The van der Waals surface area contributed by atoms with Gasteiger partial charge in [-0.1, -0.05) is 35.9 Å². The summed E-state index contributed by atoms with van der Waals surface area (Å²) in [5, 5.41) is 13.5. The zero-order chi connectivity index (χ0) is 22.0. The van der Waals surface area contributed by atoms with E-state index < -0.39 is 0 Å². The smallest absolute Gasteiger partial charge is 0.173 e. The molecule has 8 heteroatoms. The van der Waals surface area contributed by atoms with E-state index in [0.29, 0.717) is 0 Å². The number of methoxy groups -OCH3 is 1. The van der Waals surface area contributed by atoms with Crippen LogP contribution in [0.4, 0.5) is 5.69 Å². The van der Waals surface area contributed by atoms with Gasteiger partial charge >= 0.3 is 0 Å². The van der Waals surface area contributed by atoms with E-state index in [2.05, 4.69) is 70.4 Å². The highest BCUT2D eigenvalue weighted by atomic mass is 35.5. The van der Waals surface area contributed by atoms with E-state index in [9.17, 15) is 0 Å². The van der Waals surface area contributed by atoms with E-state index in [1.54, 1.807) is 7.11 Å². The third-order valence-corrected chi connectivity index (χ3v) is 5.92. The monoisotopic (exact) mass is 440 g/mol. The molecule has 0 radical (unpaired) electrons. The maximum Gasteiger partial charge on any atom is 0.173 e. The van der Waals surface area contributed by atoms with Crippen molar-refractivity contribution in [3.8, 4) is 5.75 Å². The SMILES string of the molecule is COc1ccccc1N1CCN([C@@H](c2ccc(Cl)cc2)c2nnnn2C(C)(C)C)CC1. The van der Waals surface area contributed by atoms with Crippen LogP contribution in [0.25, 0.3) is 0 Å². The number of anilines is 1. The number of hydrogen-bond donors (Lipinski definition) is 0. The van der Waals surface area contributed by atoms with Gasteiger partial charge in [-0.25, -0.2) is 4.68 Å². The molecule has 3 aromatic rings. The molecule has 1 atom stereocenters. The van der Waals surface area contributed by atoms with Crippen LogP contribution in [0.1, 0.15) is 38.2 Å². The Kier molecular flexibility index (Phi) is 6.16. The van der Waals surface area contributed by atoms with Crippen LogP contribution < -0.4 is 9.64 Å². The fourth-order valence-corrected chi connectivity index (χ4v) is 4.25. The second-order valence-electron chi connectivity index (χ2n) is 8.77. The molecule has 1 saturated heterocycles. The van der Waals surface area contributed by atoms with E-state index in [0.717, 1.165) is 54.0 Å². The molecule has 0 saturated carbocycles. The Balaban J connectivity index is 1.63. The van der Waals surface area contributed by atoms with Gasteiger partial charge in [-0.05, 0) is 61.0 Å². The first-order valence-electron chi connectivity index (χ1n) is 10.5. The number of tetrazole rings is 1. The highest BCUT2D eigenvalue weighted by molar-refractivity contribution is 6.30. The van der Waals surface area contributed by atoms with Crippen molar-refractivity contribution in [1.82, 2.24) is 25.1 Å². The van der Waals surface area contributed by atoms with Crippen LogP contribution >= 0.6 is 11.6 Å². The second-order valence-corrected chi connectivity index (χ2v) is 9.21. The Morgan fingerprint density at radius 3 is 2.29 bits per heavy atom. The van der Waals surface area contributed by atoms with E-state index >= 15 is 0 Å². The quantitative estimate of drug-likeness (QED) is 0.597. The molecule has 0 amide bonds. The Morgan fingerprint density at radius 2 is 1.65 bits per heavy atom. The van der Waals surface area contributed by atoms with Crippen molar-refractivity contribution in [2.24, 2.45) is 0 Å². The maximum atomic E-state index is 6.17. The standard InChI is InChI=1S/C23H29ClN6O/c1-23(2,3)30-22(25-26-27-30)21(17-9-11-18(24)12-10-17)29-15-13-28(14-16-29)19-7-5-6-8-20(19)31-4/h5-12,21H,13-16H2,1-4H3/t21-/m0/s1. The molecule has 0 aliphatic carbocycles. The number of rotatable bonds is 5. The summed E-state index contributed by atoms with van der Waals surface area (Å²) >= 11 is 6.17. The summed E-state index contributed by atoms with van der Waals surface area (Å²) in [6, 6.07) is 16.1. The summed E-state index contributed by atoms with van der Waals surface area (Å²) < 4.78 is 7.50. The highest BCUT2D eigenvalue weighted by Gasteiger charge is 2.33. The van der Waals surface area contributed by atoms with Crippen molar-refractivity contribution in [2.45, 2.75) is 32.4 Å². The normalized spacial score (nSPS) is 16.4. The summed E-state index contributed by atoms with van der Waals surface area (Å²) in [6.07, 6.45) is 0. The summed E-state index contributed by atoms with van der Waals surface area (Å²) in [6.45, 7) is 9.88. The number of ether oxygens (including phenoxy) is 1. The second kappa shape index (κ2) is 8.85. The Bertz CT molecular complexity index is 1010. The molecule has 2 aromatic carbocycles. The minimum Gasteiger partial charge on any atom is -0.495 e. The van der Waals surface area contributed by atoms with Gasteiger partial charge in [-0.2, -0.15) is 0 Å². The lowest BCUT2D eigenvalue weighted by Crippen LogP contribution is -2.48. The molecule has 0 N–H and O–H groups in total. The average Bonchev–Trinajstić information content (AvgIpc) is 3.26. The van der Waals surface area contributed by atoms with Gasteiger partial charge in [-0.15, -0.1) is 5.10 Å². The van der Waals surface area contributed by atoms with Crippen LogP contribution in [0.3, 0.4) is 0 Å². The molecule has 7 nitrogen and oxygen atoms in total. The van der Waals surface area contributed by atoms with Crippen molar-refractivity contribution in [1.29, 1.82) is 0 Å². The van der Waals surface area contributed by atoms with Crippen LogP contribution in [0.15, 0.2) is 48.5 Å². The van der Waals surface area contributed by atoms with Crippen LogP contribution in [0.5, 0.6) is 5.75 Å². The number of nitrogens with zero attached hydrogens (tertiary/aromatic N) is 6. The van der Waals surface area contributed by atoms with Gasteiger partial charge < -0.3 is 9.64 Å². The van der Waals surface area contributed by atoms with Gasteiger partial charge in [0.2, 0.25) is 0 Å². The van der Waals surface area contributed by atoms with Gasteiger partial charge in [0, 0.05) is 31.2 Å². The van der Waals surface area contributed by atoms with Crippen molar-refractivity contribution < 1.29 is 4.74 Å². The fourth-order valence-electron chi connectivity index (χ4n) is 4.12. The van der Waals surface area contributed by atoms with Gasteiger partial charge in [0.05, 0.1) is 24.4 Å². The number of halogens is 1. The first-order valence-corrected chi connectivity index (χ1v) is 10.9. The first kappa shape index (κ1) is 21.6. The van der Waals surface area contributed by atoms with Crippen LogP contribution in [-0.2, 0) is 5.54 Å². The summed E-state index contributed by atoms with van der Waals surface area (Å²) in [5.74, 6) is 1.75. The molecule has 0 unspecified atom stereocenters. The summed E-state index contributed by atoms with van der Waals surface area (Å²) in [4.78, 5) is 4.82. The van der Waals surface area contributed by atoms with E-state index in [4.69, 9.17) is 16.3 Å². The minimum atomic E-state index is -0.220. The maximum absolute atomic E-state index is 6.17. The van der Waals surface area contributed by atoms with E-state index in [1.165, 1.54) is 0 Å². The van der Waals surface area contributed by atoms with Gasteiger partial charge in [0.15, 0.2) is 5.82 Å². The van der Waals surface area contributed by atoms with Crippen molar-refractivity contribution in [2.75, 3.05) is 38.2 Å².